The number of benzene rings is 2. The number of hydrogen-bond acceptors (Lipinski definition) is 10. The Kier molecular flexibility index (Phi) is 7.30. The molecule has 11 heteroatoms. The van der Waals surface area contributed by atoms with Gasteiger partial charge in [-0.25, -0.2) is 0 Å². The van der Waals surface area contributed by atoms with Gasteiger partial charge in [0.1, 0.15) is 28.6 Å². The van der Waals surface area contributed by atoms with Gasteiger partial charge < -0.3 is 30.9 Å². The largest absolute Gasteiger partial charge is 0.508 e. The average molecular weight is 604 g/mol. The number of carbonyl (C=O) groups excluding carboxylic acids is 3. The van der Waals surface area contributed by atoms with E-state index >= 15 is 0 Å². The molecule has 1 heterocycles. The first-order valence-electron chi connectivity index (χ1n) is 14.8. The molecule has 1 saturated heterocycles. The number of ether oxygens (including phenoxy) is 1. The maximum Gasteiger partial charge on any atom is 0.255 e. The Labute approximate surface area is 254 Å². The van der Waals surface area contributed by atoms with Gasteiger partial charge in [-0.05, 0) is 93.7 Å². The number of phenolic OH excluding ortho intramolecular Hbond substituents is 1. The predicted molar refractivity (Wildman–Crippen MR) is 161 cm³/mol. The van der Waals surface area contributed by atoms with E-state index in [1.54, 1.807) is 27.3 Å². The molecule has 1 saturated carbocycles. The monoisotopic (exact) mass is 603 g/mol. The van der Waals surface area contributed by atoms with E-state index in [0.29, 0.717) is 16.9 Å². The van der Waals surface area contributed by atoms with Crippen molar-refractivity contribution in [2.24, 2.45) is 17.6 Å². The van der Waals surface area contributed by atoms with Gasteiger partial charge in [-0.3, -0.25) is 24.2 Å². The smallest absolute Gasteiger partial charge is 0.255 e. The molecule has 6 N–H and O–H groups in total. The molecule has 0 aromatic heterocycles. The third-order valence-electron chi connectivity index (χ3n) is 9.76. The van der Waals surface area contributed by atoms with E-state index in [4.69, 9.17) is 10.5 Å². The number of aromatic hydroxyl groups is 1. The highest BCUT2D eigenvalue weighted by molar-refractivity contribution is 6.24. The summed E-state index contributed by atoms with van der Waals surface area (Å²) < 4.78 is 5.72. The number of nitrogens with zero attached hydrogens (tertiary/aromatic N) is 2. The number of Topliss-reactive ketones (excluding diaryl/α,β-unsaturated/α-hetero) is 2. The molecule has 44 heavy (non-hydrogen) atoms. The predicted octanol–water partition coefficient (Wildman–Crippen LogP) is 2.24. The van der Waals surface area contributed by atoms with Crippen LogP contribution in [0.3, 0.4) is 0 Å². The van der Waals surface area contributed by atoms with Crippen LogP contribution in [-0.4, -0.2) is 93.6 Å². The number of likely N-dealkylation sites (tertiary alicyclic amines) is 1. The number of aliphatic hydroxyl groups excluding tert-OH is 2. The Morgan fingerprint density at radius 2 is 1.80 bits per heavy atom. The first-order chi connectivity index (χ1) is 20.9. The van der Waals surface area contributed by atoms with Gasteiger partial charge in [0.2, 0.25) is 5.78 Å². The van der Waals surface area contributed by atoms with Gasteiger partial charge in [0.05, 0.1) is 18.7 Å². The molecule has 232 valence electrons. The second kappa shape index (κ2) is 10.8. The molecule has 1 aliphatic heterocycles. The van der Waals surface area contributed by atoms with Crippen LogP contribution in [0.2, 0.25) is 0 Å². The minimum atomic E-state index is -2.68. The van der Waals surface area contributed by atoms with Crippen molar-refractivity contribution in [3.8, 4) is 22.6 Å². The number of phenols is 1. The minimum absolute atomic E-state index is 0.0208. The number of aliphatic hydroxyl groups is 3. The number of amides is 1. The van der Waals surface area contributed by atoms with Crippen molar-refractivity contribution < 1.29 is 39.5 Å². The Balaban J connectivity index is 1.51. The van der Waals surface area contributed by atoms with Gasteiger partial charge in [0, 0.05) is 23.6 Å². The number of ketones is 2. The van der Waals surface area contributed by atoms with Gasteiger partial charge in [-0.2, -0.15) is 0 Å². The zero-order chi connectivity index (χ0) is 31.7. The highest BCUT2D eigenvalue weighted by Crippen LogP contribution is 2.54. The van der Waals surface area contributed by atoms with E-state index in [1.165, 1.54) is 11.0 Å². The first kappa shape index (κ1) is 29.9. The third-order valence-corrected chi connectivity index (χ3v) is 9.76. The molecule has 2 fully saturated rings. The van der Waals surface area contributed by atoms with E-state index in [2.05, 4.69) is 4.90 Å². The second-order valence-corrected chi connectivity index (χ2v) is 12.5. The second-order valence-electron chi connectivity index (χ2n) is 12.5. The molecule has 3 aliphatic carbocycles. The van der Waals surface area contributed by atoms with Gasteiger partial charge in [-0.15, -0.1) is 0 Å². The van der Waals surface area contributed by atoms with Crippen molar-refractivity contribution in [3.63, 3.8) is 0 Å². The fourth-order valence-corrected chi connectivity index (χ4v) is 7.76. The van der Waals surface area contributed by atoms with Crippen LogP contribution in [-0.2, 0) is 27.3 Å². The zero-order valence-corrected chi connectivity index (χ0v) is 25.0. The van der Waals surface area contributed by atoms with Gasteiger partial charge in [0.15, 0.2) is 11.4 Å². The Morgan fingerprint density at radius 3 is 2.43 bits per heavy atom. The Morgan fingerprint density at radius 1 is 1.09 bits per heavy atom. The topological polar surface area (TPSA) is 174 Å². The molecule has 1 unspecified atom stereocenters. The third kappa shape index (κ3) is 4.33. The quantitative estimate of drug-likeness (QED) is 0.308. The molecule has 2 aromatic carbocycles. The summed E-state index contributed by atoms with van der Waals surface area (Å²) in [5.74, 6) is -6.18. The number of nitrogens with two attached hydrogens (primary N) is 1. The lowest BCUT2D eigenvalue weighted by atomic mass is 9.57. The molecule has 6 rings (SSSR count). The van der Waals surface area contributed by atoms with Crippen molar-refractivity contribution in [2.45, 2.75) is 43.9 Å². The van der Waals surface area contributed by atoms with Crippen molar-refractivity contribution in [3.05, 3.63) is 63.9 Å². The van der Waals surface area contributed by atoms with Crippen LogP contribution in [0.1, 0.15) is 36.0 Å². The zero-order valence-electron chi connectivity index (χ0n) is 25.0. The van der Waals surface area contributed by atoms with E-state index in [9.17, 15) is 34.8 Å². The standard InChI is InChI=1S/C33H37N3O8/c1-35(2)27-21-14-17-13-20-18(19-12-16(6-9-23(19)44-3)15-36-10-4-5-11-36)7-8-22(37)25(20)28(38)24(17)30(40)33(21,43)31(41)26(29(27)39)32(34)42/h6-9,12,17,21,27,37-38,41,43H,4-5,10-11,13-15H2,1-3H3,(H2,34,42)/t17-,21-,27?,33-/m1/s1. The molecular formula is C33H37N3O8. The maximum absolute atomic E-state index is 14.1. The van der Waals surface area contributed by atoms with Crippen LogP contribution in [0.5, 0.6) is 11.5 Å². The van der Waals surface area contributed by atoms with E-state index < -0.39 is 58.0 Å². The van der Waals surface area contributed by atoms with Crippen molar-refractivity contribution >= 4 is 23.2 Å². The molecule has 1 amide bonds. The molecular weight excluding hydrogens is 566 g/mol. The van der Waals surface area contributed by atoms with E-state index in [-0.39, 0.29) is 29.7 Å². The summed E-state index contributed by atoms with van der Waals surface area (Å²) in [6.45, 7) is 2.83. The maximum atomic E-state index is 14.1. The molecule has 2 aromatic rings. The average Bonchev–Trinajstić information content (AvgIpc) is 3.48. The highest BCUT2D eigenvalue weighted by Gasteiger charge is 2.64. The van der Waals surface area contributed by atoms with Gasteiger partial charge >= 0.3 is 0 Å². The Bertz CT molecular complexity index is 1650. The van der Waals surface area contributed by atoms with E-state index in [1.807, 2.05) is 18.2 Å². The van der Waals surface area contributed by atoms with Crippen molar-refractivity contribution in [2.75, 3.05) is 34.3 Å². The van der Waals surface area contributed by atoms with Gasteiger partial charge in [-0.1, -0.05) is 12.1 Å². The normalized spacial score (nSPS) is 27.0. The minimum Gasteiger partial charge on any atom is -0.508 e. The lowest BCUT2D eigenvalue weighted by Gasteiger charge is -2.50. The van der Waals surface area contributed by atoms with Crippen molar-refractivity contribution in [1.29, 1.82) is 0 Å². The highest BCUT2D eigenvalue weighted by atomic mass is 16.5. The SMILES string of the molecule is COc1ccc(CN2CCCC2)cc1-c1ccc(O)c2c1C[C@@H]1C[C@@H]3C(N(C)C)C(=O)C(C(N)=O)=C(O)[C@]3(O)C(=O)C1=C2O. The van der Waals surface area contributed by atoms with Gasteiger partial charge in [0.25, 0.3) is 5.91 Å². The summed E-state index contributed by atoms with van der Waals surface area (Å²) in [6, 6.07) is 8.01. The molecule has 0 radical (unpaired) electrons. The summed E-state index contributed by atoms with van der Waals surface area (Å²) in [4.78, 5) is 43.5. The summed E-state index contributed by atoms with van der Waals surface area (Å²) in [5.41, 5.74) is 4.91. The van der Waals surface area contributed by atoms with E-state index in [0.717, 1.165) is 43.6 Å². The molecule has 4 aliphatic rings. The number of rotatable bonds is 6. The van der Waals surface area contributed by atoms with Crippen molar-refractivity contribution in [1.82, 2.24) is 9.80 Å². The summed E-state index contributed by atoms with van der Waals surface area (Å²) >= 11 is 0. The van der Waals surface area contributed by atoms with Crippen LogP contribution in [0.4, 0.5) is 0 Å². The van der Waals surface area contributed by atoms with Crippen LogP contribution >= 0.6 is 0 Å². The summed E-state index contributed by atoms with van der Waals surface area (Å²) in [6.07, 6.45) is 2.54. The number of hydrogen-bond donors (Lipinski definition) is 5. The number of fused-ring (bicyclic) bond motifs is 3. The molecule has 11 nitrogen and oxygen atoms in total. The number of primary amides is 1. The first-order valence-corrected chi connectivity index (χ1v) is 14.8. The molecule has 0 spiro atoms. The van der Waals surface area contributed by atoms with Crippen LogP contribution in [0.15, 0.2) is 47.2 Å². The number of methoxy groups -OCH3 is 1. The number of carbonyl (C=O) groups is 3. The summed E-state index contributed by atoms with van der Waals surface area (Å²) in [5, 5.41) is 45.5. The van der Waals surface area contributed by atoms with Crippen LogP contribution in [0.25, 0.3) is 16.9 Å². The summed E-state index contributed by atoms with van der Waals surface area (Å²) in [7, 11) is 4.72. The Hall–Kier alpha value is -4.19. The lowest BCUT2D eigenvalue weighted by molar-refractivity contribution is -0.153. The van der Waals surface area contributed by atoms with Crippen LogP contribution < -0.4 is 10.5 Å². The fourth-order valence-electron chi connectivity index (χ4n) is 7.76. The molecule has 0 bridgehead atoms. The lowest BCUT2D eigenvalue weighted by Crippen LogP contribution is -2.65. The van der Waals surface area contributed by atoms with Crippen LogP contribution in [0, 0.1) is 11.8 Å². The number of likely N-dealkylation sites (N-methyl/N-ethyl adjacent to an activating group) is 1. The molecule has 4 atom stereocenters. The fraction of sp³-hybridized carbons (Fsp3) is 0.424.